The van der Waals surface area contributed by atoms with Crippen LogP contribution in [0.25, 0.3) is 72.2 Å². The Balaban J connectivity index is 0.000000246. The predicted molar refractivity (Wildman–Crippen MR) is 191 cm³/mol. The standard InChI is InChI=1S/C31H22N3O.C11H8N.Ir/c1-19(2)20-15-16-24-25-13-8-14-26(29(25)35-27(24)17-20)30-33-28-23-12-7-6-9-21(23)18-32-31(28)34(30)22-10-4-3-5-11-22;1-2-6-10(7-3-1)11-8-4-5-9-12-11;/h3-13,15-19H,1-2H3;1-6,8-9H;/q2*-1;/i19D;;. The van der Waals surface area contributed by atoms with E-state index in [1.54, 1.807) is 6.20 Å². The molecule has 0 N–H and O–H groups in total. The van der Waals surface area contributed by atoms with Crippen molar-refractivity contribution in [3.05, 3.63) is 157 Å². The van der Waals surface area contributed by atoms with Crippen LogP contribution in [0.1, 0.15) is 26.7 Å². The molecular weight excluding hydrogens is 769 g/mol. The molecule has 0 atom stereocenters. The van der Waals surface area contributed by atoms with Crippen molar-refractivity contribution in [1.82, 2.24) is 19.5 Å². The average Bonchev–Trinajstić information content (AvgIpc) is 3.71. The normalized spacial score (nSPS) is 11.7. The van der Waals surface area contributed by atoms with E-state index in [2.05, 4.69) is 45.9 Å². The van der Waals surface area contributed by atoms with Crippen molar-refractivity contribution >= 4 is 43.9 Å². The predicted octanol–water partition coefficient (Wildman–Crippen LogP) is 10.6. The van der Waals surface area contributed by atoms with Gasteiger partial charge in [-0.3, -0.25) is 4.98 Å². The molecule has 0 spiro atoms. The van der Waals surface area contributed by atoms with E-state index in [9.17, 15) is 0 Å². The first kappa shape index (κ1) is 29.9. The summed E-state index contributed by atoms with van der Waals surface area (Å²) in [6, 6.07) is 48.5. The summed E-state index contributed by atoms with van der Waals surface area (Å²) in [6.07, 6.45) is 3.69. The van der Waals surface area contributed by atoms with E-state index in [1.165, 1.54) is 0 Å². The number of aromatic nitrogens is 4. The van der Waals surface area contributed by atoms with Gasteiger partial charge in [0.1, 0.15) is 11.1 Å². The second-order valence-electron chi connectivity index (χ2n) is 11.5. The summed E-state index contributed by atoms with van der Waals surface area (Å²) >= 11 is 0. The summed E-state index contributed by atoms with van der Waals surface area (Å²) in [7, 11) is 0. The minimum atomic E-state index is -0.712. The fourth-order valence-electron chi connectivity index (χ4n) is 5.95. The molecule has 5 nitrogen and oxygen atoms in total. The van der Waals surface area contributed by atoms with Gasteiger partial charge in [-0.25, -0.2) is 4.98 Å². The zero-order valence-electron chi connectivity index (χ0n) is 27.3. The van der Waals surface area contributed by atoms with Crippen molar-refractivity contribution in [3.63, 3.8) is 0 Å². The van der Waals surface area contributed by atoms with Crippen LogP contribution in [-0.2, 0) is 20.1 Å². The SMILES string of the molecule is [2H]C(C)(C)c1ccc2c(c1)oc1c(-c3nc4c5ccccc5cnc4n3-c3ccccc3)[c-]ccc12.[Ir].[c-]1ccccc1-c1ccccn1. The van der Waals surface area contributed by atoms with Crippen molar-refractivity contribution in [1.29, 1.82) is 0 Å². The van der Waals surface area contributed by atoms with Crippen molar-refractivity contribution in [2.75, 3.05) is 0 Å². The van der Waals surface area contributed by atoms with Gasteiger partial charge in [0.25, 0.3) is 0 Å². The maximum Gasteiger partial charge on any atom is 0.156 e. The average molecular weight is 800 g/mol. The fourth-order valence-corrected chi connectivity index (χ4v) is 5.95. The van der Waals surface area contributed by atoms with E-state index in [-0.39, 0.29) is 20.1 Å². The third kappa shape index (κ3) is 5.70. The van der Waals surface area contributed by atoms with Crippen LogP contribution in [0, 0.1) is 12.1 Å². The van der Waals surface area contributed by atoms with Crippen LogP contribution < -0.4 is 0 Å². The summed E-state index contributed by atoms with van der Waals surface area (Å²) < 4.78 is 17.0. The third-order valence-electron chi connectivity index (χ3n) is 8.29. The van der Waals surface area contributed by atoms with Gasteiger partial charge in [0.2, 0.25) is 0 Å². The van der Waals surface area contributed by atoms with Crippen molar-refractivity contribution in [2.24, 2.45) is 0 Å². The van der Waals surface area contributed by atoms with E-state index in [0.29, 0.717) is 0 Å². The molecule has 0 saturated heterocycles. The van der Waals surface area contributed by atoms with Crippen LogP contribution in [0.4, 0.5) is 0 Å². The Bertz CT molecular complexity index is 2500. The molecule has 0 saturated carbocycles. The summed E-state index contributed by atoms with van der Waals surface area (Å²) in [6.45, 7) is 3.77. The molecular formula is C42H30IrN4O-2. The molecule has 4 heterocycles. The van der Waals surface area contributed by atoms with Gasteiger partial charge in [-0.05, 0) is 41.4 Å². The van der Waals surface area contributed by atoms with Gasteiger partial charge in [-0.2, -0.15) is 0 Å². The monoisotopic (exact) mass is 800 g/mol. The first-order chi connectivity index (χ1) is 23.5. The Morgan fingerprint density at radius 1 is 0.750 bits per heavy atom. The first-order valence-corrected chi connectivity index (χ1v) is 15.5. The van der Waals surface area contributed by atoms with Crippen molar-refractivity contribution < 1.29 is 25.9 Å². The molecule has 0 unspecified atom stereocenters. The third-order valence-corrected chi connectivity index (χ3v) is 8.29. The zero-order valence-corrected chi connectivity index (χ0v) is 28.7. The molecule has 0 aliphatic carbocycles. The number of nitrogens with zero attached hydrogens (tertiary/aromatic N) is 4. The van der Waals surface area contributed by atoms with Gasteiger partial charge in [-0.15, -0.1) is 54.1 Å². The number of hydrogen-bond donors (Lipinski definition) is 0. The summed E-state index contributed by atoms with van der Waals surface area (Å²) in [5, 5.41) is 4.11. The molecule has 9 rings (SSSR count). The van der Waals surface area contributed by atoms with E-state index in [0.717, 1.165) is 77.8 Å². The number of para-hydroxylation sites is 1. The van der Waals surface area contributed by atoms with Crippen LogP contribution in [0.5, 0.6) is 0 Å². The number of benzene rings is 5. The summed E-state index contributed by atoms with van der Waals surface area (Å²) in [4.78, 5) is 14.2. The summed E-state index contributed by atoms with van der Waals surface area (Å²) in [5.74, 6) is 0.0154. The second kappa shape index (κ2) is 13.4. The van der Waals surface area contributed by atoms with Crippen LogP contribution >= 0.6 is 0 Å². The quantitative estimate of drug-likeness (QED) is 0.166. The molecule has 1 radical (unpaired) electrons. The van der Waals surface area contributed by atoms with Crippen LogP contribution in [-0.4, -0.2) is 19.5 Å². The van der Waals surface area contributed by atoms with Crippen molar-refractivity contribution in [3.8, 4) is 28.3 Å². The molecule has 0 amide bonds. The largest absolute Gasteiger partial charge is 0.501 e. The zero-order chi connectivity index (χ0) is 32.7. The van der Waals surface area contributed by atoms with E-state index in [1.807, 2.05) is 123 Å². The number of fused-ring (bicyclic) bond motifs is 6. The second-order valence-corrected chi connectivity index (χ2v) is 11.5. The van der Waals surface area contributed by atoms with E-state index >= 15 is 0 Å². The molecule has 5 aromatic carbocycles. The van der Waals surface area contributed by atoms with Crippen LogP contribution in [0.2, 0.25) is 0 Å². The van der Waals surface area contributed by atoms with Crippen LogP contribution in [0.15, 0.2) is 144 Å². The van der Waals surface area contributed by atoms with Gasteiger partial charge in [0.15, 0.2) is 5.65 Å². The number of imidazole rings is 1. The molecule has 0 fully saturated rings. The Labute approximate surface area is 293 Å². The molecule has 48 heavy (non-hydrogen) atoms. The van der Waals surface area contributed by atoms with Crippen molar-refractivity contribution in [2.45, 2.75) is 19.7 Å². The molecule has 9 aromatic rings. The van der Waals surface area contributed by atoms with Gasteiger partial charge in [0, 0.05) is 55.7 Å². The minimum Gasteiger partial charge on any atom is -0.501 e. The van der Waals surface area contributed by atoms with Gasteiger partial charge < -0.3 is 14.0 Å². The number of furan rings is 1. The Kier molecular flexibility index (Phi) is 8.34. The maximum absolute atomic E-state index is 8.44. The molecule has 4 aromatic heterocycles. The summed E-state index contributed by atoms with van der Waals surface area (Å²) in [5.41, 5.74) is 7.78. The fraction of sp³-hybridized carbons (Fsp3) is 0.0714. The number of hydrogen-bond acceptors (Lipinski definition) is 4. The molecule has 235 valence electrons. The number of rotatable bonds is 4. The maximum atomic E-state index is 8.44. The first-order valence-electron chi connectivity index (χ1n) is 16.0. The Morgan fingerprint density at radius 3 is 2.35 bits per heavy atom. The smallest absolute Gasteiger partial charge is 0.156 e. The van der Waals surface area contributed by atoms with E-state index in [4.69, 9.17) is 15.8 Å². The van der Waals surface area contributed by atoms with Gasteiger partial charge in [-0.1, -0.05) is 91.5 Å². The molecule has 0 bridgehead atoms. The minimum absolute atomic E-state index is 0. The number of pyridine rings is 2. The van der Waals surface area contributed by atoms with Crippen LogP contribution in [0.3, 0.4) is 0 Å². The Morgan fingerprint density at radius 2 is 1.56 bits per heavy atom. The molecule has 0 aliphatic rings. The van der Waals surface area contributed by atoms with Gasteiger partial charge >= 0.3 is 0 Å². The molecule has 6 heteroatoms. The topological polar surface area (TPSA) is 56.7 Å². The molecule has 0 aliphatic heterocycles. The van der Waals surface area contributed by atoms with Gasteiger partial charge in [0.05, 0.1) is 11.4 Å². The van der Waals surface area contributed by atoms with E-state index < -0.39 is 5.89 Å². The Hall–Kier alpha value is -5.42.